The highest BCUT2D eigenvalue weighted by atomic mass is 32.2. The number of aryl methyl sites for hydroxylation is 2. The SMILES string of the molecule is Cc1nn(C)c(C)c1S(=O)(=O)N1CCCC[C@@H]1CCOC(C)C. The monoisotopic (exact) mass is 343 g/mol. The third-order valence-electron chi connectivity index (χ3n) is 4.48. The Kier molecular flexibility index (Phi) is 5.86. The lowest BCUT2D eigenvalue weighted by atomic mass is 10.0. The van der Waals surface area contributed by atoms with Crippen LogP contribution in [0.3, 0.4) is 0 Å². The molecule has 23 heavy (non-hydrogen) atoms. The first-order chi connectivity index (χ1) is 10.7. The Morgan fingerprint density at radius 3 is 2.57 bits per heavy atom. The highest BCUT2D eigenvalue weighted by Crippen LogP contribution is 2.30. The molecule has 7 heteroatoms. The maximum atomic E-state index is 13.2. The summed E-state index contributed by atoms with van der Waals surface area (Å²) in [5.74, 6) is 0. The second-order valence-corrected chi connectivity index (χ2v) is 8.42. The Labute approximate surface area is 139 Å². The zero-order chi connectivity index (χ0) is 17.2. The molecule has 1 aromatic heterocycles. The van der Waals surface area contributed by atoms with E-state index in [2.05, 4.69) is 5.10 Å². The Morgan fingerprint density at radius 1 is 1.30 bits per heavy atom. The fourth-order valence-corrected chi connectivity index (χ4v) is 5.39. The average molecular weight is 343 g/mol. The van der Waals surface area contributed by atoms with Crippen molar-refractivity contribution in [1.82, 2.24) is 14.1 Å². The predicted octanol–water partition coefficient (Wildman–Crippen LogP) is 2.40. The number of aromatic nitrogens is 2. The van der Waals surface area contributed by atoms with Crippen molar-refractivity contribution in [2.24, 2.45) is 7.05 Å². The van der Waals surface area contributed by atoms with Gasteiger partial charge in [-0.1, -0.05) is 6.42 Å². The zero-order valence-corrected chi connectivity index (χ0v) is 15.7. The van der Waals surface area contributed by atoms with E-state index >= 15 is 0 Å². The fourth-order valence-electron chi connectivity index (χ4n) is 3.26. The van der Waals surface area contributed by atoms with Crippen molar-refractivity contribution in [2.75, 3.05) is 13.2 Å². The molecule has 0 N–H and O–H groups in total. The third-order valence-corrected chi connectivity index (χ3v) is 6.69. The van der Waals surface area contributed by atoms with Gasteiger partial charge in [0, 0.05) is 26.2 Å². The van der Waals surface area contributed by atoms with Crippen LogP contribution < -0.4 is 0 Å². The molecule has 1 saturated heterocycles. The Balaban J connectivity index is 2.24. The molecule has 1 fully saturated rings. The number of sulfonamides is 1. The molecular formula is C16H29N3O3S. The van der Waals surface area contributed by atoms with Crippen LogP contribution in [0, 0.1) is 13.8 Å². The molecule has 0 spiro atoms. The molecule has 1 aliphatic rings. The summed E-state index contributed by atoms with van der Waals surface area (Å²) in [5.41, 5.74) is 1.28. The van der Waals surface area contributed by atoms with Gasteiger partial charge < -0.3 is 4.74 Å². The van der Waals surface area contributed by atoms with Crippen LogP contribution >= 0.6 is 0 Å². The van der Waals surface area contributed by atoms with Crippen LogP contribution in [0.1, 0.15) is 50.9 Å². The van der Waals surface area contributed by atoms with Crippen LogP contribution in [0.25, 0.3) is 0 Å². The lowest BCUT2D eigenvalue weighted by Crippen LogP contribution is -2.44. The van der Waals surface area contributed by atoms with Crippen molar-refractivity contribution in [3.8, 4) is 0 Å². The predicted molar refractivity (Wildman–Crippen MR) is 89.9 cm³/mol. The maximum Gasteiger partial charge on any atom is 0.246 e. The molecule has 1 aromatic rings. The molecule has 0 radical (unpaired) electrons. The summed E-state index contributed by atoms with van der Waals surface area (Å²) in [4.78, 5) is 0.372. The van der Waals surface area contributed by atoms with Gasteiger partial charge in [0.2, 0.25) is 10.0 Å². The minimum atomic E-state index is -3.51. The number of piperidine rings is 1. The number of rotatable bonds is 6. The van der Waals surface area contributed by atoms with Gasteiger partial charge in [-0.25, -0.2) is 8.42 Å². The second-order valence-electron chi connectivity index (χ2n) is 6.60. The summed E-state index contributed by atoms with van der Waals surface area (Å²) >= 11 is 0. The van der Waals surface area contributed by atoms with Crippen molar-refractivity contribution in [2.45, 2.75) is 70.4 Å². The quantitative estimate of drug-likeness (QED) is 0.795. The number of ether oxygens (including phenoxy) is 1. The minimum Gasteiger partial charge on any atom is -0.379 e. The van der Waals surface area contributed by atoms with Crippen LogP contribution in [0.5, 0.6) is 0 Å². The summed E-state index contributed by atoms with van der Waals surface area (Å²) in [7, 11) is -1.72. The van der Waals surface area contributed by atoms with Gasteiger partial charge in [0.15, 0.2) is 0 Å². The lowest BCUT2D eigenvalue weighted by Gasteiger charge is -2.34. The molecule has 1 atom stereocenters. The molecule has 1 aliphatic heterocycles. The summed E-state index contributed by atoms with van der Waals surface area (Å²) < 4.78 is 35.3. The van der Waals surface area contributed by atoms with Gasteiger partial charge in [0.05, 0.1) is 17.5 Å². The highest BCUT2D eigenvalue weighted by Gasteiger charge is 2.36. The average Bonchev–Trinajstić information content (AvgIpc) is 2.72. The van der Waals surface area contributed by atoms with E-state index in [4.69, 9.17) is 4.74 Å². The smallest absolute Gasteiger partial charge is 0.246 e. The van der Waals surface area contributed by atoms with Crippen LogP contribution in [0.4, 0.5) is 0 Å². The van der Waals surface area contributed by atoms with E-state index in [1.165, 1.54) is 0 Å². The van der Waals surface area contributed by atoms with Gasteiger partial charge in [0.25, 0.3) is 0 Å². The molecule has 0 saturated carbocycles. The number of hydrogen-bond donors (Lipinski definition) is 0. The van der Waals surface area contributed by atoms with Crippen molar-refractivity contribution >= 4 is 10.0 Å². The number of hydrogen-bond acceptors (Lipinski definition) is 4. The molecule has 2 rings (SSSR count). The Morgan fingerprint density at radius 2 is 2.00 bits per heavy atom. The zero-order valence-electron chi connectivity index (χ0n) is 14.9. The molecule has 0 aliphatic carbocycles. The van der Waals surface area contributed by atoms with Crippen LogP contribution in [-0.2, 0) is 21.8 Å². The highest BCUT2D eigenvalue weighted by molar-refractivity contribution is 7.89. The normalized spacial score (nSPS) is 20.3. The molecule has 6 nitrogen and oxygen atoms in total. The van der Waals surface area contributed by atoms with Gasteiger partial charge in [-0.15, -0.1) is 0 Å². The Hall–Kier alpha value is -0.920. The van der Waals surface area contributed by atoms with Gasteiger partial charge >= 0.3 is 0 Å². The van der Waals surface area contributed by atoms with Crippen molar-refractivity contribution in [3.63, 3.8) is 0 Å². The molecule has 2 heterocycles. The summed E-state index contributed by atoms with van der Waals surface area (Å²) in [6, 6.07) is 0.0199. The first kappa shape index (κ1) is 18.4. The molecule has 0 amide bonds. The lowest BCUT2D eigenvalue weighted by molar-refractivity contribution is 0.0620. The van der Waals surface area contributed by atoms with Gasteiger partial charge in [0.1, 0.15) is 4.90 Å². The first-order valence-electron chi connectivity index (χ1n) is 8.38. The molecule has 0 aromatic carbocycles. The summed E-state index contributed by atoms with van der Waals surface area (Å²) in [6.07, 6.45) is 3.81. The largest absolute Gasteiger partial charge is 0.379 e. The molecular weight excluding hydrogens is 314 g/mol. The number of nitrogens with zero attached hydrogens (tertiary/aromatic N) is 3. The standard InChI is InChI=1S/C16H29N3O3S/c1-12(2)22-11-9-15-8-6-7-10-19(15)23(20,21)16-13(3)17-18(5)14(16)4/h12,15H,6-11H2,1-5H3/t15-/m1/s1. The van der Waals surface area contributed by atoms with E-state index in [1.54, 1.807) is 23.0 Å². The van der Waals surface area contributed by atoms with Crippen molar-refractivity contribution in [3.05, 3.63) is 11.4 Å². The molecule has 0 bridgehead atoms. The van der Waals surface area contributed by atoms with Gasteiger partial charge in [-0.3, -0.25) is 4.68 Å². The summed E-state index contributed by atoms with van der Waals surface area (Å²) in [5, 5.41) is 4.27. The fraction of sp³-hybridized carbons (Fsp3) is 0.812. The van der Waals surface area contributed by atoms with E-state index < -0.39 is 10.0 Å². The van der Waals surface area contributed by atoms with Crippen LogP contribution in [0.2, 0.25) is 0 Å². The second kappa shape index (κ2) is 7.32. The maximum absolute atomic E-state index is 13.2. The first-order valence-corrected chi connectivity index (χ1v) is 9.82. The van der Waals surface area contributed by atoms with E-state index in [0.717, 1.165) is 25.7 Å². The van der Waals surface area contributed by atoms with E-state index in [1.807, 2.05) is 20.8 Å². The van der Waals surface area contributed by atoms with E-state index in [-0.39, 0.29) is 12.1 Å². The van der Waals surface area contributed by atoms with Crippen molar-refractivity contribution in [1.29, 1.82) is 0 Å². The van der Waals surface area contributed by atoms with E-state index in [0.29, 0.717) is 29.4 Å². The Bertz CT molecular complexity index is 637. The van der Waals surface area contributed by atoms with Gasteiger partial charge in [-0.2, -0.15) is 9.40 Å². The molecule has 0 unspecified atom stereocenters. The van der Waals surface area contributed by atoms with Crippen LogP contribution in [-0.4, -0.2) is 47.8 Å². The third kappa shape index (κ3) is 3.95. The summed E-state index contributed by atoms with van der Waals surface area (Å²) in [6.45, 7) is 8.76. The van der Waals surface area contributed by atoms with Crippen LogP contribution in [0.15, 0.2) is 4.90 Å². The van der Waals surface area contributed by atoms with E-state index in [9.17, 15) is 8.42 Å². The minimum absolute atomic E-state index is 0.0199. The van der Waals surface area contributed by atoms with Crippen molar-refractivity contribution < 1.29 is 13.2 Å². The van der Waals surface area contributed by atoms with Gasteiger partial charge in [-0.05, 0) is 47.0 Å². The topological polar surface area (TPSA) is 64.4 Å². The molecule has 132 valence electrons.